The lowest BCUT2D eigenvalue weighted by molar-refractivity contribution is -0.138. The van der Waals surface area contributed by atoms with Crippen molar-refractivity contribution in [1.29, 1.82) is 0 Å². The van der Waals surface area contributed by atoms with Gasteiger partial charge >= 0.3 is 5.97 Å². The standard InChI is InChI=1S/C27H27NO7/c1-3-27(30)34-16-15-33-22-10-12-24-26(18-22)35-25-17-21(32-14-13-31-19(2)29)9-11-23(25)28(24)20-7-5-4-6-8-20/h3-12,17-19,29H,1,13-16H2,2H3. The van der Waals surface area contributed by atoms with Crippen LogP contribution < -0.4 is 19.1 Å². The normalized spacial score (nSPS) is 12.6. The molecule has 1 atom stereocenters. The van der Waals surface area contributed by atoms with Crippen LogP contribution in [0, 0.1) is 0 Å². The molecule has 0 aliphatic carbocycles. The fourth-order valence-electron chi connectivity index (χ4n) is 3.54. The number of hydrogen-bond donors (Lipinski definition) is 1. The van der Waals surface area contributed by atoms with Crippen molar-refractivity contribution in [1.82, 2.24) is 0 Å². The van der Waals surface area contributed by atoms with Crippen LogP contribution >= 0.6 is 0 Å². The first-order valence-corrected chi connectivity index (χ1v) is 11.2. The van der Waals surface area contributed by atoms with Gasteiger partial charge in [0.1, 0.15) is 31.3 Å². The Morgan fingerprint density at radius 3 is 2.11 bits per heavy atom. The number of ether oxygens (including phenoxy) is 5. The molecule has 0 fully saturated rings. The van der Waals surface area contributed by atoms with E-state index in [9.17, 15) is 9.90 Å². The molecule has 0 saturated carbocycles. The first-order chi connectivity index (χ1) is 17.0. The summed E-state index contributed by atoms with van der Waals surface area (Å²) >= 11 is 0. The van der Waals surface area contributed by atoms with Gasteiger partial charge in [-0.15, -0.1) is 0 Å². The minimum Gasteiger partial charge on any atom is -0.491 e. The third-order valence-corrected chi connectivity index (χ3v) is 5.05. The maximum absolute atomic E-state index is 11.2. The van der Waals surface area contributed by atoms with Gasteiger partial charge in [0.15, 0.2) is 17.8 Å². The number of para-hydroxylation sites is 1. The Morgan fingerprint density at radius 2 is 1.54 bits per heavy atom. The molecule has 4 rings (SSSR count). The first kappa shape index (κ1) is 24.1. The van der Waals surface area contributed by atoms with Crippen LogP contribution in [0.2, 0.25) is 0 Å². The van der Waals surface area contributed by atoms with Gasteiger partial charge in [-0.2, -0.15) is 0 Å². The highest BCUT2D eigenvalue weighted by Crippen LogP contribution is 2.52. The summed E-state index contributed by atoms with van der Waals surface area (Å²) in [7, 11) is 0. The van der Waals surface area contributed by atoms with E-state index < -0.39 is 12.3 Å². The van der Waals surface area contributed by atoms with Crippen LogP contribution in [-0.4, -0.2) is 43.8 Å². The smallest absolute Gasteiger partial charge is 0.330 e. The number of hydrogen-bond acceptors (Lipinski definition) is 8. The number of aliphatic hydroxyl groups is 1. The molecule has 1 heterocycles. The Morgan fingerprint density at radius 1 is 0.943 bits per heavy atom. The molecule has 0 amide bonds. The second-order valence-corrected chi connectivity index (χ2v) is 7.57. The van der Waals surface area contributed by atoms with E-state index in [1.54, 1.807) is 13.0 Å². The van der Waals surface area contributed by atoms with Gasteiger partial charge in [-0.05, 0) is 43.3 Å². The number of nitrogens with zero attached hydrogens (tertiary/aromatic N) is 1. The Kier molecular flexibility index (Phi) is 7.87. The van der Waals surface area contributed by atoms with Gasteiger partial charge in [0, 0.05) is 23.9 Å². The molecule has 3 aromatic carbocycles. The third-order valence-electron chi connectivity index (χ3n) is 5.05. The van der Waals surface area contributed by atoms with Crippen LogP contribution in [0.4, 0.5) is 17.1 Å². The Balaban J connectivity index is 1.56. The number of carbonyl (C=O) groups excluding carboxylic acids is 1. The highest BCUT2D eigenvalue weighted by atomic mass is 16.6. The van der Waals surface area contributed by atoms with Gasteiger partial charge in [-0.1, -0.05) is 24.8 Å². The molecule has 8 heteroatoms. The summed E-state index contributed by atoms with van der Waals surface area (Å²) in [5, 5.41) is 9.22. The summed E-state index contributed by atoms with van der Waals surface area (Å²) in [5.41, 5.74) is 2.69. The molecule has 0 aromatic heterocycles. The molecular weight excluding hydrogens is 450 g/mol. The van der Waals surface area contributed by atoms with Gasteiger partial charge in [0.25, 0.3) is 0 Å². The zero-order valence-electron chi connectivity index (χ0n) is 19.4. The number of carbonyl (C=O) groups is 1. The van der Waals surface area contributed by atoms with Crippen LogP contribution in [0.15, 0.2) is 79.4 Å². The molecule has 0 spiro atoms. The first-order valence-electron chi connectivity index (χ1n) is 11.2. The van der Waals surface area contributed by atoms with E-state index in [-0.39, 0.29) is 26.4 Å². The van der Waals surface area contributed by atoms with E-state index in [0.29, 0.717) is 23.0 Å². The second kappa shape index (κ2) is 11.4. The SMILES string of the molecule is C=CC(=O)OCCOc1ccc2c(c1)Oc1cc(OCCOC(C)O)ccc1N2c1ccccc1. The highest BCUT2D eigenvalue weighted by molar-refractivity contribution is 5.87. The van der Waals surface area contributed by atoms with E-state index in [4.69, 9.17) is 23.7 Å². The van der Waals surface area contributed by atoms with Gasteiger partial charge < -0.3 is 33.7 Å². The molecule has 35 heavy (non-hydrogen) atoms. The van der Waals surface area contributed by atoms with Crippen molar-refractivity contribution in [3.8, 4) is 23.0 Å². The van der Waals surface area contributed by atoms with E-state index in [1.165, 1.54) is 0 Å². The Bertz CT molecular complexity index is 1160. The maximum Gasteiger partial charge on any atom is 0.330 e. The minimum atomic E-state index is -0.841. The monoisotopic (exact) mass is 477 g/mol. The molecule has 1 aliphatic rings. The third kappa shape index (κ3) is 6.11. The van der Waals surface area contributed by atoms with Crippen molar-refractivity contribution in [2.75, 3.05) is 31.3 Å². The largest absolute Gasteiger partial charge is 0.491 e. The van der Waals surface area contributed by atoms with Gasteiger partial charge in [0.2, 0.25) is 0 Å². The number of anilines is 3. The van der Waals surface area contributed by atoms with Crippen LogP contribution in [0.3, 0.4) is 0 Å². The lowest BCUT2D eigenvalue weighted by Crippen LogP contribution is -2.16. The lowest BCUT2D eigenvalue weighted by Gasteiger charge is -2.33. The summed E-state index contributed by atoms with van der Waals surface area (Å²) in [6, 6.07) is 21.2. The lowest BCUT2D eigenvalue weighted by atomic mass is 10.1. The molecule has 0 bridgehead atoms. The van der Waals surface area contributed by atoms with Crippen LogP contribution in [-0.2, 0) is 14.3 Å². The average Bonchev–Trinajstić information content (AvgIpc) is 2.87. The summed E-state index contributed by atoms with van der Waals surface area (Å²) in [4.78, 5) is 13.3. The molecule has 8 nitrogen and oxygen atoms in total. The van der Waals surface area contributed by atoms with Crippen molar-refractivity contribution in [2.45, 2.75) is 13.2 Å². The fraction of sp³-hybridized carbons (Fsp3) is 0.222. The summed E-state index contributed by atoms with van der Waals surface area (Å²) in [5.74, 6) is 1.93. The maximum atomic E-state index is 11.2. The molecule has 1 N–H and O–H groups in total. The van der Waals surface area contributed by atoms with E-state index in [2.05, 4.69) is 11.5 Å². The Labute approximate surface area is 203 Å². The average molecular weight is 478 g/mol. The summed E-state index contributed by atoms with van der Waals surface area (Å²) in [6.07, 6.45) is 0.271. The van der Waals surface area contributed by atoms with Crippen molar-refractivity contribution in [3.05, 3.63) is 79.4 Å². The van der Waals surface area contributed by atoms with Gasteiger partial charge in [-0.25, -0.2) is 4.79 Å². The van der Waals surface area contributed by atoms with Crippen molar-refractivity contribution in [2.24, 2.45) is 0 Å². The number of rotatable bonds is 11. The summed E-state index contributed by atoms with van der Waals surface area (Å²) in [6.45, 7) is 5.78. The topological polar surface area (TPSA) is 86.7 Å². The second-order valence-electron chi connectivity index (χ2n) is 7.57. The number of benzene rings is 3. The molecule has 3 aromatic rings. The van der Waals surface area contributed by atoms with Crippen molar-refractivity contribution < 1.29 is 33.6 Å². The van der Waals surface area contributed by atoms with Crippen LogP contribution in [0.25, 0.3) is 0 Å². The quantitative estimate of drug-likeness (QED) is 0.138. The zero-order chi connectivity index (χ0) is 24.6. The molecule has 0 radical (unpaired) electrons. The van der Waals surface area contributed by atoms with Gasteiger partial charge in [-0.3, -0.25) is 0 Å². The molecule has 1 aliphatic heterocycles. The van der Waals surface area contributed by atoms with Crippen LogP contribution in [0.5, 0.6) is 23.0 Å². The van der Waals surface area contributed by atoms with Crippen molar-refractivity contribution >= 4 is 23.0 Å². The van der Waals surface area contributed by atoms with E-state index in [0.717, 1.165) is 23.1 Å². The molecular formula is C27H27NO7. The van der Waals surface area contributed by atoms with Crippen LogP contribution in [0.1, 0.15) is 6.92 Å². The number of fused-ring (bicyclic) bond motifs is 2. The number of aliphatic hydroxyl groups excluding tert-OH is 1. The molecule has 1 unspecified atom stereocenters. The molecule has 182 valence electrons. The minimum absolute atomic E-state index is 0.112. The number of esters is 1. The predicted molar refractivity (Wildman–Crippen MR) is 131 cm³/mol. The van der Waals surface area contributed by atoms with E-state index in [1.807, 2.05) is 60.7 Å². The molecule has 0 saturated heterocycles. The fourth-order valence-corrected chi connectivity index (χ4v) is 3.54. The predicted octanol–water partition coefficient (Wildman–Crippen LogP) is 5.10. The highest BCUT2D eigenvalue weighted by Gasteiger charge is 2.27. The Hall–Kier alpha value is -4.01. The van der Waals surface area contributed by atoms with E-state index >= 15 is 0 Å². The summed E-state index contributed by atoms with van der Waals surface area (Å²) < 4.78 is 27.8. The van der Waals surface area contributed by atoms with Crippen molar-refractivity contribution in [3.63, 3.8) is 0 Å². The van der Waals surface area contributed by atoms with Gasteiger partial charge in [0.05, 0.1) is 18.0 Å². The zero-order valence-corrected chi connectivity index (χ0v) is 19.4.